The van der Waals surface area contributed by atoms with Crippen LogP contribution in [0.2, 0.25) is 0 Å². The van der Waals surface area contributed by atoms with Crippen molar-refractivity contribution in [2.45, 2.75) is 71.3 Å². The van der Waals surface area contributed by atoms with Crippen molar-refractivity contribution in [1.82, 2.24) is 5.32 Å². The summed E-state index contributed by atoms with van der Waals surface area (Å²) in [4.78, 5) is 4.57. The lowest BCUT2D eigenvalue weighted by Crippen LogP contribution is -2.35. The Labute approximate surface area is 94.6 Å². The van der Waals surface area contributed by atoms with E-state index < -0.39 is 0 Å². The number of nitrogens with zero attached hydrogens (tertiary/aromatic N) is 1. The second-order valence-electron chi connectivity index (χ2n) is 4.56. The van der Waals surface area contributed by atoms with Gasteiger partial charge < -0.3 is 5.32 Å². The number of hydrogen-bond donors (Lipinski definition) is 1. The van der Waals surface area contributed by atoms with Crippen molar-refractivity contribution < 1.29 is 0 Å². The van der Waals surface area contributed by atoms with E-state index in [2.05, 4.69) is 24.2 Å². The first-order chi connectivity index (χ1) is 7.36. The highest BCUT2D eigenvalue weighted by atomic mass is 15.0. The zero-order chi connectivity index (χ0) is 10.9. The monoisotopic (exact) mass is 210 g/mol. The third-order valence-corrected chi connectivity index (χ3v) is 3.04. The van der Waals surface area contributed by atoms with Gasteiger partial charge in [0, 0.05) is 19.0 Å². The van der Waals surface area contributed by atoms with Gasteiger partial charge in [-0.3, -0.25) is 4.99 Å². The van der Waals surface area contributed by atoms with Crippen molar-refractivity contribution in [2.75, 3.05) is 6.54 Å². The van der Waals surface area contributed by atoms with Crippen LogP contribution in [0.4, 0.5) is 0 Å². The first-order valence-corrected chi connectivity index (χ1v) is 6.66. The van der Waals surface area contributed by atoms with E-state index in [1.165, 1.54) is 57.2 Å². The van der Waals surface area contributed by atoms with Crippen molar-refractivity contribution >= 4 is 5.84 Å². The van der Waals surface area contributed by atoms with Crippen molar-refractivity contribution in [2.24, 2.45) is 4.99 Å². The Balaban J connectivity index is 2.31. The summed E-state index contributed by atoms with van der Waals surface area (Å²) < 4.78 is 0. The Morgan fingerprint density at radius 2 is 2.07 bits per heavy atom. The summed E-state index contributed by atoms with van der Waals surface area (Å²) >= 11 is 0. The lowest BCUT2D eigenvalue weighted by Gasteiger charge is -2.22. The van der Waals surface area contributed by atoms with Crippen LogP contribution in [0, 0.1) is 0 Å². The molecule has 15 heavy (non-hydrogen) atoms. The van der Waals surface area contributed by atoms with E-state index in [0.29, 0.717) is 6.04 Å². The van der Waals surface area contributed by atoms with Gasteiger partial charge in [0.1, 0.15) is 0 Å². The molecular formula is C13H26N2. The summed E-state index contributed by atoms with van der Waals surface area (Å²) in [6.07, 6.45) is 10.3. The molecule has 1 aliphatic rings. The molecule has 1 rings (SSSR count). The summed E-state index contributed by atoms with van der Waals surface area (Å²) in [6.45, 7) is 5.57. The summed E-state index contributed by atoms with van der Waals surface area (Å²) in [5.74, 6) is 1.27. The van der Waals surface area contributed by atoms with Crippen LogP contribution in [-0.4, -0.2) is 18.4 Å². The van der Waals surface area contributed by atoms with Crippen molar-refractivity contribution in [1.29, 1.82) is 0 Å². The normalized spacial score (nSPS) is 18.4. The molecule has 0 aromatic carbocycles. The number of aliphatic imine (C=N–C) groups is 1. The van der Waals surface area contributed by atoms with Gasteiger partial charge in [0.15, 0.2) is 0 Å². The molecule has 2 nitrogen and oxygen atoms in total. The molecule has 1 N–H and O–H groups in total. The van der Waals surface area contributed by atoms with Gasteiger partial charge in [0.25, 0.3) is 0 Å². The van der Waals surface area contributed by atoms with Crippen molar-refractivity contribution in [3.63, 3.8) is 0 Å². The molecule has 0 aromatic rings. The van der Waals surface area contributed by atoms with Gasteiger partial charge in [-0.2, -0.15) is 0 Å². The molecule has 0 bridgehead atoms. The minimum atomic E-state index is 0.673. The van der Waals surface area contributed by atoms with Crippen LogP contribution in [0.5, 0.6) is 0 Å². The predicted octanol–water partition coefficient (Wildman–Crippen LogP) is 3.52. The average Bonchev–Trinajstić information content (AvgIpc) is 2.28. The van der Waals surface area contributed by atoms with Gasteiger partial charge in [0.2, 0.25) is 0 Å². The highest BCUT2D eigenvalue weighted by Gasteiger charge is 2.11. The van der Waals surface area contributed by atoms with Gasteiger partial charge >= 0.3 is 0 Å². The molecule has 0 aliphatic carbocycles. The number of hydrogen-bond acceptors (Lipinski definition) is 2. The topological polar surface area (TPSA) is 24.4 Å². The molecule has 0 saturated heterocycles. The van der Waals surface area contributed by atoms with Crippen LogP contribution in [0.1, 0.15) is 65.2 Å². The second kappa shape index (κ2) is 7.72. The summed E-state index contributed by atoms with van der Waals surface area (Å²) in [7, 11) is 0. The van der Waals surface area contributed by atoms with Crippen LogP contribution in [-0.2, 0) is 0 Å². The molecule has 1 aliphatic heterocycles. The van der Waals surface area contributed by atoms with Gasteiger partial charge in [-0.15, -0.1) is 0 Å². The van der Waals surface area contributed by atoms with Crippen molar-refractivity contribution in [3.8, 4) is 0 Å². The zero-order valence-corrected chi connectivity index (χ0v) is 10.4. The van der Waals surface area contributed by atoms with E-state index in [1.54, 1.807) is 0 Å². The van der Waals surface area contributed by atoms with Gasteiger partial charge in [-0.05, 0) is 25.7 Å². The van der Waals surface area contributed by atoms with E-state index in [1.807, 2.05) is 0 Å². The number of unbranched alkanes of at least 4 members (excludes halogenated alkanes) is 1. The molecule has 0 spiro atoms. The Bertz CT molecular complexity index is 187. The van der Waals surface area contributed by atoms with Crippen LogP contribution >= 0.6 is 0 Å². The highest BCUT2D eigenvalue weighted by molar-refractivity contribution is 5.82. The standard InChI is InChI=1S/C13H26N2/c1-3-5-9-12(8-4-2)15-13-10-6-7-11-14-13/h12H,3-11H2,1-2H3,(H,14,15). The first-order valence-electron chi connectivity index (χ1n) is 6.66. The summed E-state index contributed by atoms with van der Waals surface area (Å²) in [5.41, 5.74) is 0. The molecule has 0 aromatic heterocycles. The van der Waals surface area contributed by atoms with Crippen LogP contribution in [0.3, 0.4) is 0 Å². The molecule has 0 radical (unpaired) electrons. The Morgan fingerprint density at radius 3 is 2.67 bits per heavy atom. The smallest absolute Gasteiger partial charge is 0.0965 e. The van der Waals surface area contributed by atoms with Gasteiger partial charge in [0.05, 0.1) is 5.84 Å². The fourth-order valence-corrected chi connectivity index (χ4v) is 2.14. The molecule has 2 heteroatoms. The van der Waals surface area contributed by atoms with Crippen LogP contribution in [0.15, 0.2) is 4.99 Å². The molecular weight excluding hydrogens is 184 g/mol. The van der Waals surface area contributed by atoms with E-state index in [0.717, 1.165) is 6.54 Å². The molecule has 1 heterocycles. The van der Waals surface area contributed by atoms with Crippen LogP contribution in [0.25, 0.3) is 0 Å². The quantitative estimate of drug-likeness (QED) is 0.712. The SMILES string of the molecule is CCCCC(CCC)NC1=NCCCC1. The van der Waals surface area contributed by atoms with Crippen LogP contribution < -0.4 is 5.32 Å². The molecule has 0 saturated carbocycles. The maximum absolute atomic E-state index is 4.57. The molecule has 0 amide bonds. The fourth-order valence-electron chi connectivity index (χ4n) is 2.14. The van der Waals surface area contributed by atoms with E-state index in [4.69, 9.17) is 0 Å². The highest BCUT2D eigenvalue weighted by Crippen LogP contribution is 2.10. The minimum Gasteiger partial charge on any atom is -0.371 e. The third-order valence-electron chi connectivity index (χ3n) is 3.04. The van der Waals surface area contributed by atoms with Gasteiger partial charge in [-0.25, -0.2) is 0 Å². The number of rotatable bonds is 6. The van der Waals surface area contributed by atoms with Crippen molar-refractivity contribution in [3.05, 3.63) is 0 Å². The molecule has 1 atom stereocenters. The lowest BCUT2D eigenvalue weighted by atomic mass is 10.0. The largest absolute Gasteiger partial charge is 0.371 e. The molecule has 88 valence electrons. The fraction of sp³-hybridized carbons (Fsp3) is 0.923. The maximum Gasteiger partial charge on any atom is 0.0965 e. The zero-order valence-electron chi connectivity index (χ0n) is 10.4. The van der Waals surface area contributed by atoms with Gasteiger partial charge in [-0.1, -0.05) is 33.1 Å². The average molecular weight is 210 g/mol. The second-order valence-corrected chi connectivity index (χ2v) is 4.56. The van der Waals surface area contributed by atoms with E-state index >= 15 is 0 Å². The minimum absolute atomic E-state index is 0.673. The first kappa shape index (κ1) is 12.5. The Morgan fingerprint density at radius 1 is 1.20 bits per heavy atom. The van der Waals surface area contributed by atoms with E-state index in [9.17, 15) is 0 Å². The third kappa shape index (κ3) is 5.19. The van der Waals surface area contributed by atoms with E-state index in [-0.39, 0.29) is 0 Å². The number of nitrogens with one attached hydrogen (secondary N) is 1. The lowest BCUT2D eigenvalue weighted by molar-refractivity contribution is 0.487. The Hall–Kier alpha value is -0.530. The maximum atomic E-state index is 4.57. The summed E-state index contributed by atoms with van der Waals surface area (Å²) in [5, 5.41) is 3.64. The number of amidine groups is 1. The summed E-state index contributed by atoms with van der Waals surface area (Å²) in [6, 6.07) is 0.673. The predicted molar refractivity (Wildman–Crippen MR) is 67.5 cm³/mol. The molecule has 1 unspecified atom stereocenters. The Kier molecular flexibility index (Phi) is 6.45. The molecule has 0 fully saturated rings.